The van der Waals surface area contributed by atoms with Crippen molar-refractivity contribution >= 4 is 23.3 Å². The van der Waals surface area contributed by atoms with Gasteiger partial charge in [0.15, 0.2) is 11.5 Å². The highest BCUT2D eigenvalue weighted by atomic mass is 35.5. The maximum Gasteiger partial charge on any atom is 0.337 e. The van der Waals surface area contributed by atoms with Crippen molar-refractivity contribution < 1.29 is 19.7 Å². The molecule has 0 saturated carbocycles. The second-order valence-corrected chi connectivity index (χ2v) is 4.77. The highest BCUT2D eigenvalue weighted by Crippen LogP contribution is 2.27. The monoisotopic (exact) mass is 307 g/mol. The van der Waals surface area contributed by atoms with Crippen molar-refractivity contribution in [3.05, 3.63) is 52.5 Å². The van der Waals surface area contributed by atoms with Gasteiger partial charge in [0.05, 0.1) is 17.7 Å². The van der Waals surface area contributed by atoms with Gasteiger partial charge in [-0.3, -0.25) is 0 Å². The lowest BCUT2D eigenvalue weighted by Gasteiger charge is -2.10. The molecule has 0 amide bonds. The van der Waals surface area contributed by atoms with Crippen molar-refractivity contribution in [2.24, 2.45) is 0 Å². The van der Waals surface area contributed by atoms with Gasteiger partial charge in [-0.2, -0.15) is 0 Å². The summed E-state index contributed by atoms with van der Waals surface area (Å²) in [6.45, 7) is 0.429. The summed E-state index contributed by atoms with van der Waals surface area (Å²) in [6.07, 6.45) is 0. The molecule has 0 saturated heterocycles. The topological polar surface area (TPSA) is 78.8 Å². The Labute approximate surface area is 126 Å². The fraction of sp³-hybridized carbons (Fsp3) is 0.133. The highest BCUT2D eigenvalue weighted by Gasteiger charge is 2.09. The summed E-state index contributed by atoms with van der Waals surface area (Å²) in [4.78, 5) is 11.0. The first-order valence-electron chi connectivity index (χ1n) is 6.14. The molecule has 21 heavy (non-hydrogen) atoms. The summed E-state index contributed by atoms with van der Waals surface area (Å²) < 4.78 is 4.97. The van der Waals surface area contributed by atoms with Crippen LogP contribution >= 0.6 is 11.6 Å². The Hall–Kier alpha value is -2.40. The van der Waals surface area contributed by atoms with E-state index in [9.17, 15) is 9.90 Å². The van der Waals surface area contributed by atoms with Crippen molar-refractivity contribution in [3.63, 3.8) is 0 Å². The number of phenolic OH excluding ortho intramolecular Hbond substituents is 1. The van der Waals surface area contributed by atoms with Crippen molar-refractivity contribution in [2.45, 2.75) is 6.54 Å². The van der Waals surface area contributed by atoms with E-state index in [0.29, 0.717) is 18.0 Å². The van der Waals surface area contributed by atoms with Crippen molar-refractivity contribution in [2.75, 3.05) is 12.4 Å². The molecule has 0 aliphatic rings. The molecule has 2 rings (SSSR count). The highest BCUT2D eigenvalue weighted by molar-refractivity contribution is 6.33. The van der Waals surface area contributed by atoms with Gasteiger partial charge in [-0.05, 0) is 35.9 Å². The van der Waals surface area contributed by atoms with Crippen LogP contribution in [0.2, 0.25) is 5.02 Å². The molecule has 110 valence electrons. The molecule has 0 aromatic heterocycles. The fourth-order valence-corrected chi connectivity index (χ4v) is 2.05. The molecule has 2 aromatic rings. The lowest BCUT2D eigenvalue weighted by molar-refractivity contribution is 0.0697. The molecule has 6 heteroatoms. The zero-order valence-electron chi connectivity index (χ0n) is 11.3. The average Bonchev–Trinajstić information content (AvgIpc) is 2.46. The third-order valence-corrected chi connectivity index (χ3v) is 3.27. The van der Waals surface area contributed by atoms with E-state index in [1.165, 1.54) is 19.2 Å². The van der Waals surface area contributed by atoms with Gasteiger partial charge in [-0.25, -0.2) is 4.79 Å². The SMILES string of the molecule is COc1ccc(CNc2ccc(Cl)c(C(=O)O)c2)cc1O. The van der Waals surface area contributed by atoms with Crippen LogP contribution in [0.15, 0.2) is 36.4 Å². The number of nitrogens with one attached hydrogen (secondary N) is 1. The predicted molar refractivity (Wildman–Crippen MR) is 80.4 cm³/mol. The van der Waals surface area contributed by atoms with E-state index in [1.807, 2.05) is 0 Å². The molecule has 3 N–H and O–H groups in total. The molecule has 0 bridgehead atoms. The van der Waals surface area contributed by atoms with Crippen LogP contribution in [0.5, 0.6) is 11.5 Å². The number of halogens is 1. The Bertz CT molecular complexity index is 673. The molecule has 5 nitrogen and oxygen atoms in total. The van der Waals surface area contributed by atoms with Crippen LogP contribution in [-0.4, -0.2) is 23.3 Å². The number of benzene rings is 2. The summed E-state index contributed by atoms with van der Waals surface area (Å²) in [7, 11) is 1.48. The number of methoxy groups -OCH3 is 1. The second-order valence-electron chi connectivity index (χ2n) is 4.36. The minimum Gasteiger partial charge on any atom is -0.504 e. The van der Waals surface area contributed by atoms with Gasteiger partial charge in [0.1, 0.15) is 0 Å². The number of carbonyl (C=O) groups is 1. The van der Waals surface area contributed by atoms with Gasteiger partial charge in [-0.15, -0.1) is 0 Å². The number of ether oxygens (including phenoxy) is 1. The lowest BCUT2D eigenvalue weighted by Crippen LogP contribution is -2.03. The number of aromatic hydroxyl groups is 1. The summed E-state index contributed by atoms with van der Waals surface area (Å²) in [5, 5.41) is 22.0. The van der Waals surface area contributed by atoms with E-state index >= 15 is 0 Å². The molecule has 0 aliphatic carbocycles. The molecular weight excluding hydrogens is 294 g/mol. The van der Waals surface area contributed by atoms with Gasteiger partial charge in [-0.1, -0.05) is 17.7 Å². The Kier molecular flexibility index (Phi) is 4.55. The minimum atomic E-state index is -1.08. The summed E-state index contributed by atoms with van der Waals surface area (Å²) in [6, 6.07) is 9.74. The van der Waals surface area contributed by atoms with E-state index in [0.717, 1.165) is 5.56 Å². The third-order valence-electron chi connectivity index (χ3n) is 2.94. The van der Waals surface area contributed by atoms with E-state index < -0.39 is 5.97 Å². The largest absolute Gasteiger partial charge is 0.504 e. The number of anilines is 1. The first-order chi connectivity index (χ1) is 10.0. The van der Waals surface area contributed by atoms with E-state index in [4.69, 9.17) is 21.4 Å². The molecule has 0 heterocycles. The molecule has 0 fully saturated rings. The number of hydrogen-bond acceptors (Lipinski definition) is 4. The minimum absolute atomic E-state index is 0.0410. The number of aromatic carboxylic acids is 1. The van der Waals surface area contributed by atoms with Gasteiger partial charge >= 0.3 is 5.97 Å². The van der Waals surface area contributed by atoms with Crippen LogP contribution in [0.3, 0.4) is 0 Å². The van der Waals surface area contributed by atoms with Crippen LogP contribution in [-0.2, 0) is 6.54 Å². The van der Waals surface area contributed by atoms with Crippen LogP contribution < -0.4 is 10.1 Å². The summed E-state index contributed by atoms with van der Waals surface area (Å²) in [5.74, 6) is -0.622. The third kappa shape index (κ3) is 3.58. The number of hydrogen-bond donors (Lipinski definition) is 3. The van der Waals surface area contributed by atoms with E-state index in [1.54, 1.807) is 24.3 Å². The van der Waals surface area contributed by atoms with Crippen molar-refractivity contribution in [3.8, 4) is 11.5 Å². The van der Waals surface area contributed by atoms with E-state index in [-0.39, 0.29) is 16.3 Å². The zero-order chi connectivity index (χ0) is 15.4. The number of carboxylic acid groups (broad SMARTS) is 1. The maximum atomic E-state index is 11.0. The standard InChI is InChI=1S/C15H14ClNO4/c1-21-14-5-2-9(6-13(14)18)8-17-10-3-4-12(16)11(7-10)15(19)20/h2-7,17-18H,8H2,1H3,(H,19,20). The lowest BCUT2D eigenvalue weighted by atomic mass is 10.1. The summed E-state index contributed by atoms with van der Waals surface area (Å²) >= 11 is 5.81. The Morgan fingerprint density at radius 2 is 2.05 bits per heavy atom. The molecule has 0 unspecified atom stereocenters. The fourth-order valence-electron chi connectivity index (χ4n) is 1.85. The first-order valence-corrected chi connectivity index (χ1v) is 6.51. The quantitative estimate of drug-likeness (QED) is 0.789. The molecule has 0 spiro atoms. The molecular formula is C15H14ClNO4. The van der Waals surface area contributed by atoms with Crippen molar-refractivity contribution in [1.29, 1.82) is 0 Å². The smallest absolute Gasteiger partial charge is 0.337 e. The predicted octanol–water partition coefficient (Wildman–Crippen LogP) is 3.36. The number of rotatable bonds is 5. The van der Waals surface area contributed by atoms with Crippen LogP contribution in [0.25, 0.3) is 0 Å². The molecule has 0 radical (unpaired) electrons. The zero-order valence-corrected chi connectivity index (χ0v) is 12.0. The Morgan fingerprint density at radius 1 is 1.29 bits per heavy atom. The second kappa shape index (κ2) is 6.37. The first kappa shape index (κ1) is 15.0. The normalized spacial score (nSPS) is 10.2. The number of carboxylic acids is 1. The van der Waals surface area contributed by atoms with Crippen LogP contribution in [0.4, 0.5) is 5.69 Å². The molecule has 2 aromatic carbocycles. The van der Waals surface area contributed by atoms with Gasteiger partial charge in [0, 0.05) is 12.2 Å². The van der Waals surface area contributed by atoms with Crippen LogP contribution in [0.1, 0.15) is 15.9 Å². The van der Waals surface area contributed by atoms with Crippen molar-refractivity contribution in [1.82, 2.24) is 0 Å². The molecule has 0 atom stereocenters. The van der Waals surface area contributed by atoms with E-state index in [2.05, 4.69) is 5.32 Å². The van der Waals surface area contributed by atoms with Gasteiger partial charge in [0.2, 0.25) is 0 Å². The maximum absolute atomic E-state index is 11.0. The van der Waals surface area contributed by atoms with Gasteiger partial charge in [0.25, 0.3) is 0 Å². The Morgan fingerprint density at radius 3 is 2.67 bits per heavy atom. The number of phenols is 1. The molecule has 0 aliphatic heterocycles. The Balaban J connectivity index is 2.11. The van der Waals surface area contributed by atoms with Crippen LogP contribution in [0, 0.1) is 0 Å². The van der Waals surface area contributed by atoms with Gasteiger partial charge < -0.3 is 20.3 Å². The average molecular weight is 308 g/mol. The summed E-state index contributed by atoms with van der Waals surface area (Å²) in [5.41, 5.74) is 1.51.